The molecule has 240 valence electrons. The first-order valence-electron chi connectivity index (χ1n) is 14.8. The third-order valence-corrected chi connectivity index (χ3v) is 9.94. The van der Waals surface area contributed by atoms with E-state index in [9.17, 15) is 17.2 Å². The molecule has 2 aliphatic carbocycles. The average molecular weight is 663 g/mol. The largest absolute Gasteiger partial charge is 0.228 e. The lowest BCUT2D eigenvalue weighted by Crippen LogP contribution is -2.12. The lowest BCUT2D eigenvalue weighted by molar-refractivity contribution is 0.570. The van der Waals surface area contributed by atoms with E-state index in [1.54, 1.807) is 62.4 Å². The van der Waals surface area contributed by atoms with Crippen molar-refractivity contribution in [3.8, 4) is 0 Å². The molecule has 0 radical (unpaired) electrons. The predicted molar refractivity (Wildman–Crippen MR) is 172 cm³/mol. The first-order valence-corrected chi connectivity index (χ1v) is 16.6. The van der Waals surface area contributed by atoms with E-state index in [-0.39, 0.29) is 11.1 Å². The first-order chi connectivity index (χ1) is 22.3. The van der Waals surface area contributed by atoms with Gasteiger partial charge in [-0.1, -0.05) is 48.6 Å². The summed E-state index contributed by atoms with van der Waals surface area (Å²) in [5.74, 6) is -6.54. The molecular formula is C38H28F6O2S. The minimum Gasteiger partial charge on any atom is -0.228 e. The van der Waals surface area contributed by atoms with Gasteiger partial charge < -0.3 is 0 Å². The van der Waals surface area contributed by atoms with Gasteiger partial charge in [-0.15, -0.1) is 0 Å². The van der Waals surface area contributed by atoms with Crippen LogP contribution in [0.3, 0.4) is 0 Å². The fourth-order valence-corrected chi connectivity index (χ4v) is 7.43. The SMILES string of the molecule is Cc1ccc(C2=CCC=C2c2cc(F)c(CS(=O)(=O)Cc3cc(F)c(C4=CCC=C4c4ccc(C)c(F)c4)cc3F)cc2F)cc1F. The van der Waals surface area contributed by atoms with Crippen molar-refractivity contribution < 1.29 is 34.8 Å². The Morgan fingerprint density at radius 1 is 0.489 bits per heavy atom. The molecule has 2 nitrogen and oxygen atoms in total. The van der Waals surface area contributed by atoms with E-state index in [4.69, 9.17) is 0 Å². The molecule has 0 bridgehead atoms. The molecule has 4 aromatic rings. The number of allylic oxidation sites excluding steroid dienone is 8. The highest BCUT2D eigenvalue weighted by Crippen LogP contribution is 2.40. The third-order valence-electron chi connectivity index (χ3n) is 8.44. The Balaban J connectivity index is 1.22. The Kier molecular flexibility index (Phi) is 8.61. The Labute approximate surface area is 269 Å². The summed E-state index contributed by atoms with van der Waals surface area (Å²) >= 11 is 0. The summed E-state index contributed by atoms with van der Waals surface area (Å²) in [7, 11) is -4.30. The molecule has 6 rings (SSSR count). The maximum absolute atomic E-state index is 15.4. The number of benzene rings is 4. The number of aryl methyl sites for hydroxylation is 2. The molecule has 0 aliphatic heterocycles. The van der Waals surface area contributed by atoms with Crippen LogP contribution in [-0.2, 0) is 21.3 Å². The van der Waals surface area contributed by atoms with E-state index in [1.165, 1.54) is 12.1 Å². The quantitative estimate of drug-likeness (QED) is 0.176. The van der Waals surface area contributed by atoms with Crippen LogP contribution < -0.4 is 0 Å². The van der Waals surface area contributed by atoms with Crippen molar-refractivity contribution in [1.29, 1.82) is 0 Å². The maximum Gasteiger partial charge on any atom is 0.158 e. The zero-order valence-electron chi connectivity index (χ0n) is 25.4. The third kappa shape index (κ3) is 6.49. The van der Waals surface area contributed by atoms with Gasteiger partial charge in [0.25, 0.3) is 0 Å². The summed E-state index contributed by atoms with van der Waals surface area (Å²) in [6, 6.07) is 12.5. The number of hydrogen-bond acceptors (Lipinski definition) is 2. The van der Waals surface area contributed by atoms with Gasteiger partial charge >= 0.3 is 0 Å². The monoisotopic (exact) mass is 662 g/mol. The normalized spacial score (nSPS) is 14.6. The number of halogens is 6. The summed E-state index contributed by atoms with van der Waals surface area (Å²) in [5.41, 5.74) is 2.43. The zero-order valence-corrected chi connectivity index (χ0v) is 26.2. The van der Waals surface area contributed by atoms with Crippen LogP contribution in [-0.4, -0.2) is 8.42 Å². The summed E-state index contributed by atoms with van der Waals surface area (Å²) in [5, 5.41) is 0. The van der Waals surface area contributed by atoms with Crippen molar-refractivity contribution in [3.05, 3.63) is 164 Å². The molecule has 0 saturated carbocycles. The molecule has 47 heavy (non-hydrogen) atoms. The van der Waals surface area contributed by atoms with Gasteiger partial charge in [0, 0.05) is 22.3 Å². The second-order valence-corrected chi connectivity index (χ2v) is 13.8. The molecule has 0 unspecified atom stereocenters. The van der Waals surface area contributed by atoms with Gasteiger partial charge in [0.15, 0.2) is 9.84 Å². The molecule has 4 aromatic carbocycles. The molecule has 0 fully saturated rings. The topological polar surface area (TPSA) is 34.1 Å². The number of rotatable bonds is 8. The van der Waals surface area contributed by atoms with E-state index in [2.05, 4.69) is 0 Å². The lowest BCUT2D eigenvalue weighted by atomic mass is 9.93. The second kappa shape index (κ2) is 12.5. The zero-order chi connectivity index (χ0) is 33.6. The fourth-order valence-electron chi connectivity index (χ4n) is 5.94. The molecule has 0 N–H and O–H groups in total. The summed E-state index contributed by atoms with van der Waals surface area (Å²) in [4.78, 5) is 0. The molecule has 0 amide bonds. The lowest BCUT2D eigenvalue weighted by Gasteiger charge is -2.15. The van der Waals surface area contributed by atoms with Gasteiger partial charge in [-0.05, 0) is 108 Å². The maximum atomic E-state index is 15.4. The Bertz CT molecular complexity index is 2040. The molecule has 9 heteroatoms. The number of hydrogen-bond donors (Lipinski definition) is 0. The molecule has 0 spiro atoms. The van der Waals surface area contributed by atoms with E-state index >= 15 is 17.6 Å². The van der Waals surface area contributed by atoms with Crippen molar-refractivity contribution in [2.75, 3.05) is 0 Å². The van der Waals surface area contributed by atoms with Crippen LogP contribution in [0.2, 0.25) is 0 Å². The van der Waals surface area contributed by atoms with Crippen molar-refractivity contribution in [3.63, 3.8) is 0 Å². The van der Waals surface area contributed by atoms with E-state index in [0.29, 0.717) is 57.4 Å². The molecule has 0 saturated heterocycles. The molecule has 0 aromatic heterocycles. The molecule has 0 atom stereocenters. The summed E-state index contributed by atoms with van der Waals surface area (Å²) < 4.78 is 116. The Morgan fingerprint density at radius 2 is 0.872 bits per heavy atom. The van der Waals surface area contributed by atoms with Gasteiger partial charge in [-0.25, -0.2) is 34.8 Å². The van der Waals surface area contributed by atoms with Crippen LogP contribution in [0.1, 0.15) is 57.3 Å². The van der Waals surface area contributed by atoms with Crippen molar-refractivity contribution in [1.82, 2.24) is 0 Å². The standard InChI is InChI=1S/C38H28F6O2S/c1-21-9-11-23(13-33(21)39)27-5-3-7-29(27)31-17-35(41)25(15-37(31)43)19-47(45,46)20-26-16-38(44)32(18-36(26)42)30-8-4-6-28(30)24-12-10-22(2)34(40)14-24/h5-18H,3-4,19-20H2,1-2H3. The number of sulfone groups is 1. The summed E-state index contributed by atoms with van der Waals surface area (Å²) in [6.07, 6.45) is 7.69. The van der Waals surface area contributed by atoms with Crippen LogP contribution in [0.5, 0.6) is 0 Å². The van der Waals surface area contributed by atoms with Crippen LogP contribution in [0.25, 0.3) is 22.3 Å². The second-order valence-electron chi connectivity index (χ2n) is 11.7. The smallest absolute Gasteiger partial charge is 0.158 e. The fraction of sp³-hybridized carbons (Fsp3) is 0.158. The predicted octanol–water partition coefficient (Wildman–Crippen LogP) is 9.99. The van der Waals surface area contributed by atoms with Gasteiger partial charge in [-0.3, -0.25) is 0 Å². The molecule has 2 aliphatic rings. The molecular weight excluding hydrogens is 634 g/mol. The van der Waals surface area contributed by atoms with Crippen molar-refractivity contribution in [2.45, 2.75) is 38.2 Å². The van der Waals surface area contributed by atoms with Gasteiger partial charge in [0.05, 0.1) is 11.5 Å². The Hall–Kier alpha value is -4.63. The Morgan fingerprint density at radius 3 is 1.26 bits per heavy atom. The van der Waals surface area contributed by atoms with E-state index in [1.807, 2.05) is 0 Å². The van der Waals surface area contributed by atoms with E-state index in [0.717, 1.165) is 24.3 Å². The van der Waals surface area contributed by atoms with Crippen LogP contribution in [0.15, 0.2) is 85.0 Å². The van der Waals surface area contributed by atoms with Gasteiger partial charge in [-0.2, -0.15) is 0 Å². The molecule has 0 heterocycles. The van der Waals surface area contributed by atoms with Crippen molar-refractivity contribution >= 4 is 32.1 Å². The van der Waals surface area contributed by atoms with Crippen LogP contribution in [0, 0.1) is 48.8 Å². The highest BCUT2D eigenvalue weighted by Gasteiger charge is 2.25. The highest BCUT2D eigenvalue weighted by molar-refractivity contribution is 7.89. The van der Waals surface area contributed by atoms with Gasteiger partial charge in [0.1, 0.15) is 34.9 Å². The van der Waals surface area contributed by atoms with Crippen LogP contribution >= 0.6 is 0 Å². The van der Waals surface area contributed by atoms with Gasteiger partial charge in [0.2, 0.25) is 0 Å². The van der Waals surface area contributed by atoms with Crippen LogP contribution in [0.4, 0.5) is 26.3 Å². The average Bonchev–Trinajstić information content (AvgIpc) is 3.70. The highest BCUT2D eigenvalue weighted by atomic mass is 32.2. The first kappa shape index (κ1) is 32.3. The van der Waals surface area contributed by atoms with Crippen molar-refractivity contribution in [2.24, 2.45) is 0 Å². The minimum absolute atomic E-state index is 0.111. The minimum atomic E-state index is -4.30. The summed E-state index contributed by atoms with van der Waals surface area (Å²) in [6.45, 7) is 3.22. The van der Waals surface area contributed by atoms with E-state index < -0.39 is 67.4 Å².